The lowest BCUT2D eigenvalue weighted by Gasteiger charge is -2.14. The SMILES string of the molecule is CCOC(=O)c1cnc2ccc(C(=O)OC)cc2c1NCCOCCO. The molecule has 26 heavy (non-hydrogen) atoms. The number of aromatic nitrogens is 1. The van der Waals surface area contributed by atoms with Gasteiger partial charge in [-0.15, -0.1) is 0 Å². The zero-order valence-electron chi connectivity index (χ0n) is 14.8. The quantitative estimate of drug-likeness (QED) is 0.512. The van der Waals surface area contributed by atoms with Crippen molar-refractivity contribution in [1.82, 2.24) is 4.98 Å². The minimum Gasteiger partial charge on any atom is -0.465 e. The molecule has 0 amide bonds. The van der Waals surface area contributed by atoms with E-state index in [-0.39, 0.29) is 25.4 Å². The number of benzene rings is 1. The Morgan fingerprint density at radius 2 is 2.04 bits per heavy atom. The predicted octanol–water partition coefficient (Wildman–Crippen LogP) is 1.62. The lowest BCUT2D eigenvalue weighted by molar-refractivity contribution is 0.0526. The van der Waals surface area contributed by atoms with Crippen molar-refractivity contribution in [2.75, 3.05) is 45.4 Å². The summed E-state index contributed by atoms with van der Waals surface area (Å²) < 4.78 is 15.1. The number of pyridine rings is 1. The molecule has 2 rings (SSSR count). The molecule has 8 nitrogen and oxygen atoms in total. The molecule has 1 aromatic carbocycles. The van der Waals surface area contributed by atoms with Gasteiger partial charge in [-0.05, 0) is 25.1 Å². The van der Waals surface area contributed by atoms with Gasteiger partial charge in [-0.25, -0.2) is 9.59 Å². The first kappa shape index (κ1) is 19.6. The van der Waals surface area contributed by atoms with Crippen LogP contribution >= 0.6 is 0 Å². The second-order valence-electron chi connectivity index (χ2n) is 5.25. The zero-order valence-corrected chi connectivity index (χ0v) is 14.8. The Labute approximate surface area is 151 Å². The van der Waals surface area contributed by atoms with Gasteiger partial charge in [-0.3, -0.25) is 4.98 Å². The molecule has 0 atom stereocenters. The summed E-state index contributed by atoms with van der Waals surface area (Å²) in [6.07, 6.45) is 1.44. The highest BCUT2D eigenvalue weighted by Gasteiger charge is 2.18. The van der Waals surface area contributed by atoms with E-state index in [1.807, 2.05) is 0 Å². The van der Waals surface area contributed by atoms with Crippen LogP contribution in [0.1, 0.15) is 27.6 Å². The number of carbonyl (C=O) groups excluding carboxylic acids is 2. The number of esters is 2. The summed E-state index contributed by atoms with van der Waals surface area (Å²) in [4.78, 5) is 28.4. The molecule has 0 bridgehead atoms. The highest BCUT2D eigenvalue weighted by atomic mass is 16.5. The molecule has 2 aromatic rings. The van der Waals surface area contributed by atoms with Crippen LogP contribution in [0.3, 0.4) is 0 Å². The molecule has 0 spiro atoms. The third kappa shape index (κ3) is 4.68. The third-order valence-electron chi connectivity index (χ3n) is 3.57. The van der Waals surface area contributed by atoms with Crippen LogP contribution in [0.4, 0.5) is 5.69 Å². The number of methoxy groups -OCH3 is 1. The standard InChI is InChI=1S/C18H22N2O6/c1-3-26-18(23)14-11-20-15-5-4-12(17(22)24-2)10-13(15)16(14)19-6-8-25-9-7-21/h4-5,10-11,21H,3,6-9H2,1-2H3,(H,19,20). The first-order valence-corrected chi connectivity index (χ1v) is 8.23. The minimum absolute atomic E-state index is 0.0608. The van der Waals surface area contributed by atoms with Crippen LogP contribution in [0, 0.1) is 0 Å². The van der Waals surface area contributed by atoms with Crippen molar-refractivity contribution in [2.24, 2.45) is 0 Å². The largest absolute Gasteiger partial charge is 0.465 e. The summed E-state index contributed by atoms with van der Waals surface area (Å²) in [5.74, 6) is -0.991. The second-order valence-corrected chi connectivity index (χ2v) is 5.25. The first-order valence-electron chi connectivity index (χ1n) is 8.23. The van der Waals surface area contributed by atoms with Crippen LogP contribution in [-0.2, 0) is 14.2 Å². The molecule has 8 heteroatoms. The van der Waals surface area contributed by atoms with E-state index in [1.165, 1.54) is 13.3 Å². The highest BCUT2D eigenvalue weighted by molar-refractivity contribution is 6.06. The van der Waals surface area contributed by atoms with E-state index in [4.69, 9.17) is 19.3 Å². The third-order valence-corrected chi connectivity index (χ3v) is 3.57. The van der Waals surface area contributed by atoms with E-state index in [0.29, 0.717) is 35.3 Å². The molecule has 1 aromatic heterocycles. The maximum atomic E-state index is 12.3. The number of hydrogen-bond donors (Lipinski definition) is 2. The summed E-state index contributed by atoms with van der Waals surface area (Å²) in [7, 11) is 1.30. The fourth-order valence-corrected chi connectivity index (χ4v) is 2.41. The number of aliphatic hydroxyl groups excluding tert-OH is 1. The molecule has 2 N–H and O–H groups in total. The summed E-state index contributed by atoms with van der Waals surface area (Å²) in [5.41, 5.74) is 1.74. The lowest BCUT2D eigenvalue weighted by atomic mass is 10.1. The molecule has 0 saturated heterocycles. The Kier molecular flexibility index (Phi) is 7.31. The van der Waals surface area contributed by atoms with Gasteiger partial charge < -0.3 is 24.6 Å². The average Bonchev–Trinajstić information content (AvgIpc) is 2.66. The van der Waals surface area contributed by atoms with Crippen LogP contribution < -0.4 is 5.32 Å². The summed E-state index contributed by atoms with van der Waals surface area (Å²) in [5, 5.41) is 12.5. The number of carbonyl (C=O) groups is 2. The van der Waals surface area contributed by atoms with Gasteiger partial charge in [0.2, 0.25) is 0 Å². The summed E-state index contributed by atoms with van der Waals surface area (Å²) in [6.45, 7) is 2.86. The van der Waals surface area contributed by atoms with Gasteiger partial charge in [0.25, 0.3) is 0 Å². The molecule has 0 radical (unpaired) electrons. The summed E-state index contributed by atoms with van der Waals surface area (Å²) >= 11 is 0. The summed E-state index contributed by atoms with van der Waals surface area (Å²) in [6, 6.07) is 4.91. The molecule has 140 valence electrons. The van der Waals surface area contributed by atoms with Crippen LogP contribution in [0.5, 0.6) is 0 Å². The van der Waals surface area contributed by atoms with Gasteiger partial charge in [0.15, 0.2) is 0 Å². The van der Waals surface area contributed by atoms with Gasteiger partial charge in [-0.1, -0.05) is 0 Å². The van der Waals surface area contributed by atoms with Crippen molar-refractivity contribution in [1.29, 1.82) is 0 Å². The Hall–Kier alpha value is -2.71. The van der Waals surface area contributed by atoms with Gasteiger partial charge >= 0.3 is 11.9 Å². The molecule has 0 aliphatic rings. The van der Waals surface area contributed by atoms with Crippen LogP contribution in [0.2, 0.25) is 0 Å². The lowest BCUT2D eigenvalue weighted by Crippen LogP contribution is -2.15. The van der Waals surface area contributed by atoms with Crippen molar-refractivity contribution in [3.05, 3.63) is 35.5 Å². The maximum absolute atomic E-state index is 12.3. The fourth-order valence-electron chi connectivity index (χ4n) is 2.41. The molecular weight excluding hydrogens is 340 g/mol. The molecule has 0 unspecified atom stereocenters. The van der Waals surface area contributed by atoms with E-state index < -0.39 is 11.9 Å². The van der Waals surface area contributed by atoms with Crippen LogP contribution in [0.25, 0.3) is 10.9 Å². The van der Waals surface area contributed by atoms with E-state index >= 15 is 0 Å². The number of nitrogens with zero attached hydrogens (tertiary/aromatic N) is 1. The van der Waals surface area contributed by atoms with Crippen molar-refractivity contribution in [2.45, 2.75) is 6.92 Å². The number of fused-ring (bicyclic) bond motifs is 1. The van der Waals surface area contributed by atoms with Crippen molar-refractivity contribution >= 4 is 28.5 Å². The highest BCUT2D eigenvalue weighted by Crippen LogP contribution is 2.28. The molecule has 0 saturated carbocycles. The molecule has 0 aliphatic carbocycles. The van der Waals surface area contributed by atoms with Gasteiger partial charge in [-0.2, -0.15) is 0 Å². The van der Waals surface area contributed by atoms with Gasteiger partial charge in [0.05, 0.1) is 50.3 Å². The molecule has 1 heterocycles. The number of rotatable bonds is 9. The predicted molar refractivity (Wildman–Crippen MR) is 95.4 cm³/mol. The Morgan fingerprint density at radius 3 is 2.73 bits per heavy atom. The van der Waals surface area contributed by atoms with E-state index in [2.05, 4.69) is 10.3 Å². The Bertz CT molecular complexity index is 778. The van der Waals surface area contributed by atoms with Crippen molar-refractivity contribution in [3.8, 4) is 0 Å². The average molecular weight is 362 g/mol. The second kappa shape index (κ2) is 9.69. The van der Waals surface area contributed by atoms with Crippen LogP contribution in [0.15, 0.2) is 24.4 Å². The number of aliphatic hydroxyl groups is 1. The topological polar surface area (TPSA) is 107 Å². The minimum atomic E-state index is -0.510. The number of ether oxygens (including phenoxy) is 3. The molecule has 0 fully saturated rings. The maximum Gasteiger partial charge on any atom is 0.341 e. The first-order chi connectivity index (χ1) is 12.6. The normalized spacial score (nSPS) is 10.6. The van der Waals surface area contributed by atoms with Gasteiger partial charge in [0, 0.05) is 18.1 Å². The zero-order chi connectivity index (χ0) is 18.9. The monoisotopic (exact) mass is 362 g/mol. The number of anilines is 1. The van der Waals surface area contributed by atoms with Crippen molar-refractivity contribution in [3.63, 3.8) is 0 Å². The smallest absolute Gasteiger partial charge is 0.341 e. The van der Waals surface area contributed by atoms with Gasteiger partial charge in [0.1, 0.15) is 5.56 Å². The Morgan fingerprint density at radius 1 is 1.23 bits per heavy atom. The van der Waals surface area contributed by atoms with Crippen molar-refractivity contribution < 1.29 is 28.9 Å². The number of nitrogens with one attached hydrogen (secondary N) is 1. The fraction of sp³-hybridized carbons (Fsp3) is 0.389. The molecular formula is C18H22N2O6. The van der Waals surface area contributed by atoms with E-state index in [1.54, 1.807) is 25.1 Å². The number of hydrogen-bond acceptors (Lipinski definition) is 8. The van der Waals surface area contributed by atoms with E-state index in [0.717, 1.165) is 0 Å². The van der Waals surface area contributed by atoms with E-state index in [9.17, 15) is 9.59 Å². The molecule has 0 aliphatic heterocycles. The Balaban J connectivity index is 2.42. The van der Waals surface area contributed by atoms with Crippen LogP contribution in [-0.4, -0.2) is 62.1 Å².